The van der Waals surface area contributed by atoms with E-state index in [0.717, 1.165) is 39.7 Å². The van der Waals surface area contributed by atoms with Crippen molar-refractivity contribution in [2.75, 3.05) is 6.61 Å². The van der Waals surface area contributed by atoms with Crippen LogP contribution in [0.1, 0.15) is 24.5 Å². The number of rotatable bonds is 8. The molecule has 0 atom stereocenters. The summed E-state index contributed by atoms with van der Waals surface area (Å²) in [5, 5.41) is 12.2. The van der Waals surface area contributed by atoms with Gasteiger partial charge in [0.05, 0.1) is 18.7 Å². The van der Waals surface area contributed by atoms with Crippen LogP contribution >= 0.6 is 34.7 Å². The molecule has 0 aliphatic heterocycles. The first kappa shape index (κ1) is 22.0. The van der Waals surface area contributed by atoms with Gasteiger partial charge in [-0.15, -0.1) is 21.5 Å². The zero-order valence-corrected chi connectivity index (χ0v) is 20.3. The second kappa shape index (κ2) is 9.59. The fourth-order valence-electron chi connectivity index (χ4n) is 3.56. The van der Waals surface area contributed by atoms with E-state index in [9.17, 15) is 4.79 Å². The van der Waals surface area contributed by atoms with Crippen LogP contribution in [0.5, 0.6) is 5.75 Å². The summed E-state index contributed by atoms with van der Waals surface area (Å²) in [6, 6.07) is 17.6. The lowest BCUT2D eigenvalue weighted by Gasteiger charge is -2.10. The molecule has 0 amide bonds. The molecule has 3 aromatic heterocycles. The van der Waals surface area contributed by atoms with E-state index < -0.39 is 0 Å². The van der Waals surface area contributed by atoms with Crippen molar-refractivity contribution in [3.8, 4) is 5.75 Å². The third kappa shape index (κ3) is 4.51. The number of thioether (sulfide) groups is 1. The Balaban J connectivity index is 1.50. The summed E-state index contributed by atoms with van der Waals surface area (Å²) in [5.41, 5.74) is 2.92. The van der Waals surface area contributed by atoms with Crippen molar-refractivity contribution in [1.82, 2.24) is 19.2 Å². The van der Waals surface area contributed by atoms with Crippen molar-refractivity contribution in [3.05, 3.63) is 86.5 Å². The molecule has 0 N–H and O–H groups in total. The van der Waals surface area contributed by atoms with E-state index >= 15 is 0 Å². The first-order chi connectivity index (χ1) is 16.1. The summed E-state index contributed by atoms with van der Waals surface area (Å²) in [4.78, 5) is 13.3. The number of hydrogen-bond donors (Lipinski definition) is 0. The van der Waals surface area contributed by atoms with E-state index in [1.807, 2.05) is 64.4 Å². The Morgan fingerprint density at radius 2 is 1.79 bits per heavy atom. The lowest BCUT2D eigenvalue weighted by Crippen LogP contribution is -2.23. The fraction of sp³-hybridized carbons (Fsp3) is 0.208. The molecule has 5 rings (SSSR count). The van der Waals surface area contributed by atoms with Gasteiger partial charge in [-0.25, -0.2) is 0 Å². The Kier molecular flexibility index (Phi) is 6.39. The second-order valence-electron chi connectivity index (χ2n) is 7.55. The lowest BCUT2D eigenvalue weighted by atomic mass is 10.2. The van der Waals surface area contributed by atoms with Crippen LogP contribution in [0, 0.1) is 0 Å². The maximum atomic E-state index is 13.3. The molecule has 0 fully saturated rings. The van der Waals surface area contributed by atoms with Crippen LogP contribution in [0.4, 0.5) is 0 Å². The third-order valence-corrected chi connectivity index (χ3v) is 7.34. The number of halogens is 1. The SMILES string of the molecule is CCCOc1ccc(Cn2c(=O)c3sccc3n3c(SCc4ccc(Cl)cc4)nnc23)cc1. The van der Waals surface area contributed by atoms with Crippen LogP contribution in [0.25, 0.3) is 16.0 Å². The van der Waals surface area contributed by atoms with Gasteiger partial charge in [0.15, 0.2) is 5.16 Å². The number of fused-ring (bicyclic) bond motifs is 3. The number of nitrogens with zero attached hydrogens (tertiary/aromatic N) is 4. The van der Waals surface area contributed by atoms with Crippen molar-refractivity contribution in [1.29, 1.82) is 0 Å². The molecule has 0 spiro atoms. The minimum Gasteiger partial charge on any atom is -0.494 e. The molecule has 0 radical (unpaired) electrons. The Bertz CT molecular complexity index is 1460. The standard InChI is InChI=1S/C24H21ClN4O2S2/c1-2-12-31-19-9-5-16(6-10-19)14-28-22(30)21-20(11-13-32-21)29-23(28)26-27-24(29)33-15-17-3-7-18(25)8-4-17/h3-11,13H,2,12,14-15H2,1H3. The zero-order chi connectivity index (χ0) is 22.8. The van der Waals surface area contributed by atoms with E-state index in [4.69, 9.17) is 16.3 Å². The number of thiophene rings is 1. The molecule has 3 heterocycles. The van der Waals surface area contributed by atoms with Gasteiger partial charge in [0.2, 0.25) is 5.78 Å². The summed E-state index contributed by atoms with van der Waals surface area (Å²) in [6.07, 6.45) is 0.960. The van der Waals surface area contributed by atoms with Gasteiger partial charge in [-0.1, -0.05) is 54.6 Å². The van der Waals surface area contributed by atoms with Gasteiger partial charge in [0.25, 0.3) is 5.56 Å². The van der Waals surface area contributed by atoms with Gasteiger partial charge in [-0.3, -0.25) is 13.8 Å². The summed E-state index contributed by atoms with van der Waals surface area (Å²) in [7, 11) is 0. The predicted octanol–water partition coefficient (Wildman–Crippen LogP) is 5.89. The Morgan fingerprint density at radius 1 is 1.03 bits per heavy atom. The monoisotopic (exact) mass is 496 g/mol. The maximum Gasteiger partial charge on any atom is 0.273 e. The summed E-state index contributed by atoms with van der Waals surface area (Å²) < 4.78 is 10.0. The summed E-state index contributed by atoms with van der Waals surface area (Å²) in [6.45, 7) is 3.17. The topological polar surface area (TPSA) is 61.4 Å². The van der Waals surface area contributed by atoms with Crippen LogP contribution in [0.15, 0.2) is 69.9 Å². The van der Waals surface area contributed by atoms with Crippen LogP contribution in [-0.4, -0.2) is 25.8 Å². The van der Waals surface area contributed by atoms with Crippen LogP contribution in [0.3, 0.4) is 0 Å². The van der Waals surface area contributed by atoms with Crippen molar-refractivity contribution in [3.63, 3.8) is 0 Å². The van der Waals surface area contributed by atoms with E-state index in [0.29, 0.717) is 28.7 Å². The van der Waals surface area contributed by atoms with Gasteiger partial charge in [0.1, 0.15) is 10.4 Å². The second-order valence-corrected chi connectivity index (χ2v) is 9.85. The van der Waals surface area contributed by atoms with Gasteiger partial charge >= 0.3 is 0 Å². The van der Waals surface area contributed by atoms with E-state index in [2.05, 4.69) is 17.1 Å². The summed E-state index contributed by atoms with van der Waals surface area (Å²) >= 11 is 9.02. The van der Waals surface area contributed by atoms with Gasteiger partial charge < -0.3 is 4.74 Å². The van der Waals surface area contributed by atoms with Crippen molar-refractivity contribution in [2.24, 2.45) is 0 Å². The molecule has 0 saturated carbocycles. The molecule has 2 aromatic carbocycles. The van der Waals surface area contributed by atoms with Crippen LogP contribution in [0.2, 0.25) is 5.02 Å². The molecule has 0 bridgehead atoms. The minimum absolute atomic E-state index is 0.0551. The first-order valence-corrected chi connectivity index (χ1v) is 12.8. The molecule has 0 unspecified atom stereocenters. The molecule has 168 valence electrons. The maximum absolute atomic E-state index is 13.3. The van der Waals surface area contributed by atoms with Crippen LogP contribution < -0.4 is 10.3 Å². The Hall–Kier alpha value is -2.81. The minimum atomic E-state index is -0.0551. The van der Waals surface area contributed by atoms with Gasteiger partial charge in [-0.05, 0) is 53.3 Å². The molecule has 0 saturated heterocycles. The molecule has 9 heteroatoms. The fourth-order valence-corrected chi connectivity index (χ4v) is 5.40. The molecule has 5 aromatic rings. The highest BCUT2D eigenvalue weighted by Gasteiger charge is 2.18. The number of benzene rings is 2. The van der Waals surface area contributed by atoms with Crippen molar-refractivity contribution in [2.45, 2.75) is 30.8 Å². The lowest BCUT2D eigenvalue weighted by molar-refractivity contribution is 0.317. The molecule has 0 aliphatic rings. The number of ether oxygens (including phenoxy) is 1. The zero-order valence-electron chi connectivity index (χ0n) is 17.9. The van der Waals surface area contributed by atoms with Crippen molar-refractivity contribution < 1.29 is 4.74 Å². The number of hydrogen-bond acceptors (Lipinski definition) is 6. The van der Waals surface area contributed by atoms with Crippen LogP contribution in [-0.2, 0) is 12.3 Å². The quantitative estimate of drug-likeness (QED) is 0.251. The van der Waals surface area contributed by atoms with Gasteiger partial charge in [-0.2, -0.15) is 0 Å². The highest BCUT2D eigenvalue weighted by Crippen LogP contribution is 2.27. The van der Waals surface area contributed by atoms with E-state index in [1.54, 1.807) is 16.3 Å². The number of aromatic nitrogens is 4. The largest absolute Gasteiger partial charge is 0.494 e. The third-order valence-electron chi connectivity index (χ3n) is 5.20. The molecular weight excluding hydrogens is 476 g/mol. The predicted molar refractivity (Wildman–Crippen MR) is 135 cm³/mol. The van der Waals surface area contributed by atoms with E-state index in [-0.39, 0.29) is 5.56 Å². The average molecular weight is 497 g/mol. The molecule has 33 heavy (non-hydrogen) atoms. The highest BCUT2D eigenvalue weighted by molar-refractivity contribution is 7.98. The Morgan fingerprint density at radius 3 is 2.55 bits per heavy atom. The molecule has 6 nitrogen and oxygen atoms in total. The Labute approximate surface area is 203 Å². The average Bonchev–Trinajstić information content (AvgIpc) is 3.48. The molecular formula is C24H21ClN4O2S2. The van der Waals surface area contributed by atoms with Crippen molar-refractivity contribution >= 4 is 50.7 Å². The highest BCUT2D eigenvalue weighted by atomic mass is 35.5. The smallest absolute Gasteiger partial charge is 0.273 e. The summed E-state index contributed by atoms with van der Waals surface area (Å²) in [5.74, 6) is 2.09. The first-order valence-electron chi connectivity index (χ1n) is 10.6. The van der Waals surface area contributed by atoms with E-state index in [1.165, 1.54) is 11.3 Å². The molecule has 0 aliphatic carbocycles. The van der Waals surface area contributed by atoms with Gasteiger partial charge in [0, 0.05) is 10.8 Å². The normalized spacial score (nSPS) is 11.5.